The zero-order chi connectivity index (χ0) is 19.9. The van der Waals surface area contributed by atoms with Crippen LogP contribution in [0, 0.1) is 18.3 Å². The first-order chi connectivity index (χ1) is 13.5. The number of nitrogens with one attached hydrogen (secondary N) is 1. The SMILES string of the molecule is Cc1cccc(NC(=O)/C(C#N)=C/c2ccc(Cc3ccccc3Br)cc2)c1. The molecule has 28 heavy (non-hydrogen) atoms. The number of nitrogens with zero attached hydrogens (tertiary/aromatic N) is 1. The molecule has 0 bridgehead atoms. The Hall–Kier alpha value is -3.16. The van der Waals surface area contributed by atoms with Crippen molar-refractivity contribution in [2.45, 2.75) is 13.3 Å². The lowest BCUT2D eigenvalue weighted by molar-refractivity contribution is -0.112. The quantitative estimate of drug-likeness (QED) is 0.404. The van der Waals surface area contributed by atoms with Crippen LogP contribution in [0.2, 0.25) is 0 Å². The minimum atomic E-state index is -0.412. The average molecular weight is 431 g/mol. The van der Waals surface area contributed by atoms with E-state index in [4.69, 9.17) is 0 Å². The van der Waals surface area contributed by atoms with E-state index in [2.05, 4.69) is 27.3 Å². The molecule has 0 unspecified atom stereocenters. The average Bonchev–Trinajstić information content (AvgIpc) is 2.69. The normalized spacial score (nSPS) is 11.0. The molecule has 3 aromatic carbocycles. The fraction of sp³-hybridized carbons (Fsp3) is 0.0833. The smallest absolute Gasteiger partial charge is 0.266 e. The highest BCUT2D eigenvalue weighted by molar-refractivity contribution is 9.10. The lowest BCUT2D eigenvalue weighted by Gasteiger charge is -2.06. The lowest BCUT2D eigenvalue weighted by atomic mass is 10.0. The zero-order valence-corrected chi connectivity index (χ0v) is 17.0. The fourth-order valence-electron chi connectivity index (χ4n) is 2.83. The number of hydrogen-bond acceptors (Lipinski definition) is 2. The second-order valence-corrected chi connectivity index (χ2v) is 7.36. The molecule has 138 valence electrons. The number of anilines is 1. The maximum atomic E-state index is 12.4. The monoisotopic (exact) mass is 430 g/mol. The first kappa shape index (κ1) is 19.6. The van der Waals surface area contributed by atoms with Gasteiger partial charge in [-0.05, 0) is 59.9 Å². The van der Waals surface area contributed by atoms with Gasteiger partial charge in [0.15, 0.2) is 0 Å². The van der Waals surface area contributed by atoms with Gasteiger partial charge in [-0.3, -0.25) is 4.79 Å². The van der Waals surface area contributed by atoms with E-state index in [1.165, 1.54) is 5.56 Å². The predicted molar refractivity (Wildman–Crippen MR) is 117 cm³/mol. The first-order valence-corrected chi connectivity index (χ1v) is 9.66. The van der Waals surface area contributed by atoms with Crippen LogP contribution in [0.25, 0.3) is 6.08 Å². The highest BCUT2D eigenvalue weighted by Gasteiger charge is 2.10. The number of halogens is 1. The van der Waals surface area contributed by atoms with Crippen LogP contribution in [0.4, 0.5) is 5.69 Å². The third-order valence-electron chi connectivity index (χ3n) is 4.28. The van der Waals surface area contributed by atoms with E-state index >= 15 is 0 Å². The molecule has 0 fully saturated rings. The van der Waals surface area contributed by atoms with Crippen molar-refractivity contribution in [3.8, 4) is 6.07 Å². The van der Waals surface area contributed by atoms with Gasteiger partial charge in [-0.2, -0.15) is 5.26 Å². The Balaban J connectivity index is 1.73. The Kier molecular flexibility index (Phi) is 6.41. The third-order valence-corrected chi connectivity index (χ3v) is 5.06. The van der Waals surface area contributed by atoms with E-state index in [1.807, 2.05) is 73.7 Å². The van der Waals surface area contributed by atoms with Crippen molar-refractivity contribution >= 4 is 33.6 Å². The summed E-state index contributed by atoms with van der Waals surface area (Å²) in [6.45, 7) is 1.95. The summed E-state index contributed by atoms with van der Waals surface area (Å²) in [7, 11) is 0. The van der Waals surface area contributed by atoms with Crippen LogP contribution in [0.15, 0.2) is 82.8 Å². The molecule has 0 atom stereocenters. The number of carbonyl (C=O) groups is 1. The summed E-state index contributed by atoms with van der Waals surface area (Å²) in [6, 6.07) is 25.5. The molecule has 3 rings (SSSR count). The summed E-state index contributed by atoms with van der Waals surface area (Å²) in [6.07, 6.45) is 2.41. The Morgan fingerprint density at radius 2 is 1.82 bits per heavy atom. The van der Waals surface area contributed by atoms with E-state index in [1.54, 1.807) is 12.1 Å². The van der Waals surface area contributed by atoms with Crippen molar-refractivity contribution in [3.63, 3.8) is 0 Å². The molecular formula is C24H19BrN2O. The molecule has 1 N–H and O–H groups in total. The van der Waals surface area contributed by atoms with Gasteiger partial charge in [-0.15, -0.1) is 0 Å². The fourth-order valence-corrected chi connectivity index (χ4v) is 3.25. The highest BCUT2D eigenvalue weighted by Crippen LogP contribution is 2.20. The van der Waals surface area contributed by atoms with Crippen molar-refractivity contribution in [1.82, 2.24) is 0 Å². The molecule has 0 aliphatic rings. The Labute approximate surface area is 173 Å². The van der Waals surface area contributed by atoms with Crippen LogP contribution in [0.3, 0.4) is 0 Å². The van der Waals surface area contributed by atoms with E-state index in [9.17, 15) is 10.1 Å². The summed E-state index contributed by atoms with van der Waals surface area (Å²) in [5.74, 6) is -0.412. The Morgan fingerprint density at radius 3 is 2.50 bits per heavy atom. The molecule has 0 aliphatic carbocycles. The van der Waals surface area contributed by atoms with Gasteiger partial charge in [0, 0.05) is 10.2 Å². The van der Waals surface area contributed by atoms with Gasteiger partial charge in [0.1, 0.15) is 11.6 Å². The Morgan fingerprint density at radius 1 is 1.07 bits per heavy atom. The molecule has 0 saturated carbocycles. The summed E-state index contributed by atoms with van der Waals surface area (Å²) < 4.78 is 1.08. The van der Waals surface area contributed by atoms with Gasteiger partial charge >= 0.3 is 0 Å². The van der Waals surface area contributed by atoms with E-state index in [0.29, 0.717) is 5.69 Å². The largest absolute Gasteiger partial charge is 0.321 e. The Bertz CT molecular complexity index is 1060. The molecule has 0 spiro atoms. The number of amides is 1. The maximum absolute atomic E-state index is 12.4. The number of nitriles is 1. The number of hydrogen-bond donors (Lipinski definition) is 1. The minimum absolute atomic E-state index is 0.0695. The van der Waals surface area contributed by atoms with E-state index in [-0.39, 0.29) is 5.57 Å². The van der Waals surface area contributed by atoms with Gasteiger partial charge < -0.3 is 5.32 Å². The summed E-state index contributed by atoms with van der Waals surface area (Å²) in [5.41, 5.74) is 4.97. The summed E-state index contributed by atoms with van der Waals surface area (Å²) in [4.78, 5) is 12.4. The van der Waals surface area contributed by atoms with Crippen LogP contribution in [-0.2, 0) is 11.2 Å². The van der Waals surface area contributed by atoms with E-state index in [0.717, 1.165) is 27.6 Å². The summed E-state index contributed by atoms with van der Waals surface area (Å²) in [5, 5.41) is 12.2. The van der Waals surface area contributed by atoms with Gasteiger partial charge in [0.2, 0.25) is 0 Å². The zero-order valence-electron chi connectivity index (χ0n) is 15.4. The molecule has 3 aromatic rings. The van der Waals surface area contributed by atoms with Crippen molar-refractivity contribution in [3.05, 3.63) is 105 Å². The van der Waals surface area contributed by atoms with Crippen LogP contribution in [-0.4, -0.2) is 5.91 Å². The van der Waals surface area contributed by atoms with E-state index < -0.39 is 5.91 Å². The van der Waals surface area contributed by atoms with Crippen LogP contribution in [0.5, 0.6) is 0 Å². The molecule has 1 amide bonds. The highest BCUT2D eigenvalue weighted by atomic mass is 79.9. The van der Waals surface area contributed by atoms with Gasteiger partial charge in [-0.25, -0.2) is 0 Å². The summed E-state index contributed by atoms with van der Waals surface area (Å²) >= 11 is 3.57. The number of rotatable bonds is 5. The van der Waals surface area contributed by atoms with Crippen LogP contribution in [0.1, 0.15) is 22.3 Å². The first-order valence-electron chi connectivity index (χ1n) is 8.87. The molecular weight excluding hydrogens is 412 g/mol. The van der Waals surface area contributed by atoms with Gasteiger partial charge in [0.25, 0.3) is 5.91 Å². The third kappa shape index (κ3) is 5.18. The maximum Gasteiger partial charge on any atom is 0.266 e. The van der Waals surface area contributed by atoms with Crippen molar-refractivity contribution < 1.29 is 4.79 Å². The standard InChI is InChI=1S/C24H19BrN2O/c1-17-5-4-7-22(13-17)27-24(28)21(16-26)15-19-11-9-18(10-12-19)14-20-6-2-3-8-23(20)25/h2-13,15H,14H2,1H3,(H,27,28)/b21-15+. The molecule has 3 nitrogen and oxygen atoms in total. The molecule has 4 heteroatoms. The predicted octanol–water partition coefficient (Wildman–Crippen LogP) is 5.89. The van der Waals surface area contributed by atoms with Crippen molar-refractivity contribution in [1.29, 1.82) is 5.26 Å². The van der Waals surface area contributed by atoms with Crippen LogP contribution < -0.4 is 5.32 Å². The number of aryl methyl sites for hydroxylation is 1. The number of benzene rings is 3. The van der Waals surface area contributed by atoms with Gasteiger partial charge in [0.05, 0.1) is 0 Å². The van der Waals surface area contributed by atoms with Crippen LogP contribution >= 0.6 is 15.9 Å². The molecule has 0 radical (unpaired) electrons. The minimum Gasteiger partial charge on any atom is -0.321 e. The molecule has 0 saturated heterocycles. The molecule has 0 aromatic heterocycles. The van der Waals surface area contributed by atoms with Gasteiger partial charge in [-0.1, -0.05) is 70.5 Å². The molecule has 0 heterocycles. The topological polar surface area (TPSA) is 52.9 Å². The van der Waals surface area contributed by atoms with Crippen molar-refractivity contribution in [2.75, 3.05) is 5.32 Å². The lowest BCUT2D eigenvalue weighted by Crippen LogP contribution is -2.13. The molecule has 0 aliphatic heterocycles. The second kappa shape index (κ2) is 9.16. The number of carbonyl (C=O) groups excluding carboxylic acids is 1. The van der Waals surface area contributed by atoms with Crippen molar-refractivity contribution in [2.24, 2.45) is 0 Å². The second-order valence-electron chi connectivity index (χ2n) is 6.50.